The number of ether oxygens (including phenoxy) is 1. The Morgan fingerprint density at radius 2 is 2.28 bits per heavy atom. The van der Waals surface area contributed by atoms with Gasteiger partial charge in [-0.1, -0.05) is 11.6 Å². The summed E-state index contributed by atoms with van der Waals surface area (Å²) in [7, 11) is 0. The molecule has 0 spiro atoms. The van der Waals surface area contributed by atoms with Crippen LogP contribution in [0.2, 0.25) is 5.02 Å². The second-order valence-corrected chi connectivity index (χ2v) is 5.84. The van der Waals surface area contributed by atoms with Crippen molar-refractivity contribution in [1.82, 2.24) is 4.90 Å². The van der Waals surface area contributed by atoms with Crippen LogP contribution in [-0.4, -0.2) is 41.8 Å². The average molecular weight is 290 g/mol. The van der Waals surface area contributed by atoms with Gasteiger partial charge >= 0.3 is 5.97 Å². The minimum atomic E-state index is -0.898. The molecule has 0 amide bonds. The van der Waals surface area contributed by atoms with E-state index in [0.717, 1.165) is 37.5 Å². The summed E-state index contributed by atoms with van der Waals surface area (Å²) in [5, 5.41) is 11.3. The summed E-state index contributed by atoms with van der Waals surface area (Å²) >= 11 is 7.56. The van der Waals surface area contributed by atoms with Gasteiger partial charge in [0.15, 0.2) is 0 Å². The topological polar surface area (TPSA) is 49.8 Å². The van der Waals surface area contributed by atoms with Crippen LogP contribution in [0.3, 0.4) is 0 Å². The quantitative estimate of drug-likeness (QED) is 0.905. The minimum absolute atomic E-state index is 0.0873. The molecule has 0 aliphatic carbocycles. The normalized spacial score (nSPS) is 18.1. The molecule has 1 aliphatic rings. The minimum Gasteiger partial charge on any atom is -0.480 e. The van der Waals surface area contributed by atoms with Gasteiger partial charge in [-0.05, 0) is 18.9 Å². The number of nitrogens with zero attached hydrogens (tertiary/aromatic N) is 1. The van der Waals surface area contributed by atoms with Gasteiger partial charge in [-0.25, -0.2) is 4.79 Å². The molecule has 1 aromatic rings. The predicted octanol–water partition coefficient (Wildman–Crippen LogP) is 2.47. The van der Waals surface area contributed by atoms with Gasteiger partial charge in [0, 0.05) is 29.9 Å². The smallest absolute Gasteiger partial charge is 0.329 e. The van der Waals surface area contributed by atoms with Crippen molar-refractivity contribution < 1.29 is 14.6 Å². The highest BCUT2D eigenvalue weighted by Gasteiger charge is 2.20. The first-order chi connectivity index (χ1) is 8.63. The van der Waals surface area contributed by atoms with Crippen molar-refractivity contribution in [3.8, 4) is 0 Å². The number of carboxylic acid groups (broad SMARTS) is 1. The standard InChI is InChI=1S/C12H16ClNO3S/c13-9-5-11(18-8-9)6-14-3-1-10(2-4-14)17-7-12(15)16/h5,8,10H,1-4,6-7H2,(H,15,16). The van der Waals surface area contributed by atoms with Crippen LogP contribution >= 0.6 is 22.9 Å². The molecular weight excluding hydrogens is 274 g/mol. The van der Waals surface area contributed by atoms with Crippen LogP contribution in [0, 0.1) is 0 Å². The number of carboxylic acids is 1. The average Bonchev–Trinajstić information content (AvgIpc) is 2.74. The fourth-order valence-electron chi connectivity index (χ4n) is 2.08. The monoisotopic (exact) mass is 289 g/mol. The molecule has 0 bridgehead atoms. The van der Waals surface area contributed by atoms with Crippen LogP contribution in [0.5, 0.6) is 0 Å². The molecule has 2 rings (SSSR count). The molecular formula is C12H16ClNO3S. The van der Waals surface area contributed by atoms with E-state index < -0.39 is 5.97 Å². The Balaban J connectivity index is 1.71. The lowest BCUT2D eigenvalue weighted by Crippen LogP contribution is -2.37. The van der Waals surface area contributed by atoms with Crippen LogP contribution in [0.15, 0.2) is 11.4 Å². The number of aliphatic carboxylic acids is 1. The van der Waals surface area contributed by atoms with Crippen molar-refractivity contribution in [2.24, 2.45) is 0 Å². The summed E-state index contributed by atoms with van der Waals surface area (Å²) in [5.74, 6) is -0.898. The van der Waals surface area contributed by atoms with Crippen molar-refractivity contribution in [1.29, 1.82) is 0 Å². The number of rotatable bonds is 5. The number of hydrogen-bond donors (Lipinski definition) is 1. The Labute approximate surface area is 115 Å². The molecule has 0 aromatic carbocycles. The van der Waals surface area contributed by atoms with Crippen LogP contribution in [0.25, 0.3) is 0 Å². The molecule has 4 nitrogen and oxygen atoms in total. The maximum atomic E-state index is 10.4. The number of piperidine rings is 1. The van der Waals surface area contributed by atoms with E-state index in [1.165, 1.54) is 4.88 Å². The van der Waals surface area contributed by atoms with Gasteiger partial charge in [0.2, 0.25) is 0 Å². The van der Waals surface area contributed by atoms with Crippen LogP contribution in [0.4, 0.5) is 0 Å². The van der Waals surface area contributed by atoms with Crippen LogP contribution in [0.1, 0.15) is 17.7 Å². The molecule has 1 N–H and O–H groups in total. The second kappa shape index (κ2) is 6.52. The van der Waals surface area contributed by atoms with E-state index in [-0.39, 0.29) is 12.7 Å². The number of halogens is 1. The lowest BCUT2D eigenvalue weighted by atomic mass is 10.1. The Bertz CT molecular complexity index is 402. The van der Waals surface area contributed by atoms with Gasteiger partial charge in [0.1, 0.15) is 6.61 Å². The molecule has 0 atom stereocenters. The zero-order valence-corrected chi connectivity index (χ0v) is 11.5. The first kappa shape index (κ1) is 13.8. The molecule has 100 valence electrons. The SMILES string of the molecule is O=C(O)COC1CCN(Cc2cc(Cl)cs2)CC1. The summed E-state index contributed by atoms with van der Waals surface area (Å²) in [6.07, 6.45) is 1.88. The zero-order chi connectivity index (χ0) is 13.0. The summed E-state index contributed by atoms with van der Waals surface area (Å²) in [6, 6.07) is 2.00. The summed E-state index contributed by atoms with van der Waals surface area (Å²) in [4.78, 5) is 14.0. The predicted molar refractivity (Wildman–Crippen MR) is 71.2 cm³/mol. The van der Waals surface area contributed by atoms with Gasteiger partial charge in [0.05, 0.1) is 11.1 Å². The van der Waals surface area contributed by atoms with Gasteiger partial charge in [-0.3, -0.25) is 4.90 Å². The van der Waals surface area contributed by atoms with Crippen LogP contribution in [-0.2, 0) is 16.1 Å². The molecule has 2 heterocycles. The number of hydrogen-bond acceptors (Lipinski definition) is 4. The fraction of sp³-hybridized carbons (Fsp3) is 0.583. The third-order valence-electron chi connectivity index (χ3n) is 2.98. The molecule has 1 aliphatic heterocycles. The third kappa shape index (κ3) is 4.24. The number of carbonyl (C=O) groups is 1. The first-order valence-corrected chi connectivity index (χ1v) is 7.18. The van der Waals surface area contributed by atoms with E-state index in [1.54, 1.807) is 11.3 Å². The molecule has 0 unspecified atom stereocenters. The summed E-state index contributed by atoms with van der Waals surface area (Å²) in [6.45, 7) is 2.62. The molecule has 0 radical (unpaired) electrons. The van der Waals surface area contributed by atoms with Gasteiger partial charge in [0.25, 0.3) is 0 Å². The van der Waals surface area contributed by atoms with Gasteiger partial charge in [-0.2, -0.15) is 0 Å². The maximum absolute atomic E-state index is 10.4. The van der Waals surface area contributed by atoms with Crippen molar-refractivity contribution in [3.05, 3.63) is 21.3 Å². The van der Waals surface area contributed by atoms with E-state index in [9.17, 15) is 4.79 Å². The molecule has 18 heavy (non-hydrogen) atoms. The van der Waals surface area contributed by atoms with Gasteiger partial charge in [-0.15, -0.1) is 11.3 Å². The van der Waals surface area contributed by atoms with E-state index in [2.05, 4.69) is 4.90 Å². The Morgan fingerprint density at radius 1 is 1.56 bits per heavy atom. The molecule has 6 heteroatoms. The highest BCUT2D eigenvalue weighted by molar-refractivity contribution is 7.10. The lowest BCUT2D eigenvalue weighted by molar-refractivity contribution is -0.145. The van der Waals surface area contributed by atoms with Crippen molar-refractivity contribution in [2.75, 3.05) is 19.7 Å². The third-order valence-corrected chi connectivity index (χ3v) is 4.25. The largest absolute Gasteiger partial charge is 0.480 e. The van der Waals surface area contributed by atoms with Crippen molar-refractivity contribution >= 4 is 28.9 Å². The lowest BCUT2D eigenvalue weighted by Gasteiger charge is -2.31. The van der Waals surface area contributed by atoms with E-state index in [1.807, 2.05) is 11.4 Å². The van der Waals surface area contributed by atoms with Crippen LogP contribution < -0.4 is 0 Å². The van der Waals surface area contributed by atoms with E-state index >= 15 is 0 Å². The first-order valence-electron chi connectivity index (χ1n) is 5.92. The summed E-state index contributed by atoms with van der Waals surface area (Å²) < 4.78 is 5.30. The molecule has 0 saturated carbocycles. The molecule has 1 saturated heterocycles. The molecule has 1 aromatic heterocycles. The highest BCUT2D eigenvalue weighted by atomic mass is 35.5. The van der Waals surface area contributed by atoms with E-state index in [4.69, 9.17) is 21.4 Å². The summed E-state index contributed by atoms with van der Waals surface area (Å²) in [5.41, 5.74) is 0. The van der Waals surface area contributed by atoms with Crippen molar-refractivity contribution in [2.45, 2.75) is 25.5 Å². The van der Waals surface area contributed by atoms with E-state index in [0.29, 0.717) is 0 Å². The maximum Gasteiger partial charge on any atom is 0.329 e. The van der Waals surface area contributed by atoms with Crippen molar-refractivity contribution in [3.63, 3.8) is 0 Å². The van der Waals surface area contributed by atoms with Gasteiger partial charge < -0.3 is 9.84 Å². The number of likely N-dealkylation sites (tertiary alicyclic amines) is 1. The fourth-order valence-corrected chi connectivity index (χ4v) is 3.19. The Morgan fingerprint density at radius 3 is 2.83 bits per heavy atom. The number of thiophene rings is 1. The molecule has 1 fully saturated rings. The second-order valence-electron chi connectivity index (χ2n) is 4.41. The Hall–Kier alpha value is -0.620. The highest BCUT2D eigenvalue weighted by Crippen LogP contribution is 2.22. The zero-order valence-electron chi connectivity index (χ0n) is 9.97. The Kier molecular flexibility index (Phi) is 5.00.